The van der Waals surface area contributed by atoms with Gasteiger partial charge in [0.2, 0.25) is 0 Å². The number of carbonyl (C=O) groups excluding carboxylic acids is 1. The molecule has 66 valence electrons. The maximum atomic E-state index is 10.6. The maximum absolute atomic E-state index is 10.6. The molecule has 0 aliphatic carbocycles. The Morgan fingerprint density at radius 2 is 2.36 bits per heavy atom. The highest BCUT2D eigenvalue weighted by molar-refractivity contribution is 5.69. The number of ether oxygens (including phenoxy) is 1. The highest BCUT2D eigenvalue weighted by Crippen LogP contribution is 1.93. The van der Waals surface area contributed by atoms with Gasteiger partial charge in [-0.3, -0.25) is 10.1 Å². The Bertz CT molecular complexity index is 129. The molecule has 0 bridgehead atoms. The average molecular weight is 162 g/mol. The van der Waals surface area contributed by atoms with E-state index in [9.17, 15) is 4.79 Å². The van der Waals surface area contributed by atoms with E-state index in [-0.39, 0.29) is 6.42 Å². The van der Waals surface area contributed by atoms with Crippen molar-refractivity contribution in [3.05, 3.63) is 0 Å². The van der Waals surface area contributed by atoms with Crippen LogP contribution < -0.4 is 11.1 Å². The van der Waals surface area contributed by atoms with Gasteiger partial charge in [-0.2, -0.15) is 0 Å². The molecule has 4 N–H and O–H groups in total. The van der Waals surface area contributed by atoms with Crippen molar-refractivity contribution in [1.29, 1.82) is 0 Å². The first-order valence-electron chi connectivity index (χ1n) is 3.29. The predicted octanol–water partition coefficient (Wildman–Crippen LogP) is -1.59. The van der Waals surface area contributed by atoms with E-state index < -0.39 is 18.2 Å². The first-order valence-corrected chi connectivity index (χ1v) is 3.29. The van der Waals surface area contributed by atoms with Gasteiger partial charge in [0, 0.05) is 0 Å². The van der Waals surface area contributed by atoms with Gasteiger partial charge in [-0.25, -0.2) is 0 Å². The molecule has 0 radical (unpaired) electrons. The van der Waals surface area contributed by atoms with Gasteiger partial charge in [0.15, 0.2) is 0 Å². The molecule has 0 unspecified atom stereocenters. The maximum Gasteiger partial charge on any atom is 0.307 e. The molecule has 2 atom stereocenters. The van der Waals surface area contributed by atoms with E-state index in [1.807, 2.05) is 0 Å². The number of nitrogens with one attached hydrogen (secondary N) is 1. The molecule has 0 spiro atoms. The number of nitrogens with two attached hydrogens (primary N) is 1. The third-order valence-corrected chi connectivity index (χ3v) is 1.33. The van der Waals surface area contributed by atoms with Gasteiger partial charge in [-0.15, -0.1) is 0 Å². The molecule has 0 saturated heterocycles. The molecular weight excluding hydrogens is 148 g/mol. The van der Waals surface area contributed by atoms with Crippen LogP contribution >= 0.6 is 0 Å². The van der Waals surface area contributed by atoms with Crippen LogP contribution in [0.3, 0.4) is 0 Å². The summed E-state index contributed by atoms with van der Waals surface area (Å²) in [6, 6.07) is -0.618. The highest BCUT2D eigenvalue weighted by Gasteiger charge is 2.16. The number of rotatable bonds is 4. The lowest BCUT2D eigenvalue weighted by molar-refractivity contribution is -0.141. The van der Waals surface area contributed by atoms with Crippen LogP contribution in [0, 0.1) is 0 Å². The molecule has 0 aromatic rings. The molecule has 0 amide bonds. The number of carbonyl (C=O) groups is 1. The van der Waals surface area contributed by atoms with E-state index in [1.165, 1.54) is 7.11 Å². The first kappa shape index (κ1) is 10.3. The average Bonchev–Trinajstić information content (AvgIpc) is 2.02. The summed E-state index contributed by atoms with van der Waals surface area (Å²) in [5.74, 6) is -0.424. The summed E-state index contributed by atoms with van der Waals surface area (Å²) >= 11 is 0. The van der Waals surface area contributed by atoms with Crippen molar-refractivity contribution in [3.8, 4) is 0 Å². The number of aliphatic hydroxyl groups excluding tert-OH is 1. The van der Waals surface area contributed by atoms with Crippen LogP contribution in [0.15, 0.2) is 0 Å². The van der Waals surface area contributed by atoms with Crippen LogP contribution in [0.2, 0.25) is 0 Å². The van der Waals surface area contributed by atoms with E-state index in [1.54, 1.807) is 7.05 Å². The summed E-state index contributed by atoms with van der Waals surface area (Å²) < 4.78 is 4.36. The number of aliphatic hydroxyl groups is 1. The Hall–Kier alpha value is -0.650. The Morgan fingerprint density at radius 1 is 1.82 bits per heavy atom. The molecule has 5 nitrogen and oxygen atoms in total. The van der Waals surface area contributed by atoms with Gasteiger partial charge in [-0.05, 0) is 7.05 Å². The van der Waals surface area contributed by atoms with Crippen LogP contribution in [0.1, 0.15) is 6.42 Å². The van der Waals surface area contributed by atoms with E-state index in [2.05, 4.69) is 10.1 Å². The minimum atomic E-state index is -0.867. The van der Waals surface area contributed by atoms with Crippen LogP contribution in [0.4, 0.5) is 0 Å². The minimum absolute atomic E-state index is 0.0124. The first-order chi connectivity index (χ1) is 5.11. The predicted molar refractivity (Wildman–Crippen MR) is 39.7 cm³/mol. The third kappa shape index (κ3) is 3.92. The quantitative estimate of drug-likeness (QED) is 0.343. The zero-order valence-corrected chi connectivity index (χ0v) is 6.70. The molecule has 5 heteroatoms. The Morgan fingerprint density at radius 3 is 2.73 bits per heavy atom. The molecule has 0 saturated carbocycles. The molecule has 11 heavy (non-hydrogen) atoms. The van der Waals surface area contributed by atoms with Gasteiger partial charge in [0.25, 0.3) is 0 Å². The standard InChI is InChI=1S/C6H14N2O3/c1-8-6(10)4(7)3-5(9)11-2/h4,6,8,10H,3,7H2,1-2H3/t4-,6-/m1/s1. The Kier molecular flexibility index (Phi) is 4.76. The van der Waals surface area contributed by atoms with Crippen molar-refractivity contribution in [2.45, 2.75) is 18.7 Å². The molecular formula is C6H14N2O3. The fourth-order valence-corrected chi connectivity index (χ4v) is 0.601. The zero-order valence-electron chi connectivity index (χ0n) is 6.70. The monoisotopic (exact) mass is 162 g/mol. The van der Waals surface area contributed by atoms with Crippen molar-refractivity contribution < 1.29 is 14.6 Å². The Labute approximate surface area is 65.5 Å². The van der Waals surface area contributed by atoms with E-state index in [4.69, 9.17) is 10.8 Å². The number of methoxy groups -OCH3 is 1. The molecule has 0 aromatic carbocycles. The number of hydrogen-bond donors (Lipinski definition) is 3. The Balaban J connectivity index is 3.67. The summed E-state index contributed by atoms with van der Waals surface area (Å²) in [5, 5.41) is 11.5. The lowest BCUT2D eigenvalue weighted by atomic mass is 10.2. The van der Waals surface area contributed by atoms with Gasteiger partial charge < -0.3 is 15.6 Å². The van der Waals surface area contributed by atoms with Crippen LogP contribution in [0.25, 0.3) is 0 Å². The molecule has 0 fully saturated rings. The molecule has 0 heterocycles. The fourth-order valence-electron chi connectivity index (χ4n) is 0.601. The van der Waals surface area contributed by atoms with Gasteiger partial charge in [0.1, 0.15) is 6.23 Å². The molecule has 0 aromatic heterocycles. The summed E-state index contributed by atoms with van der Waals surface area (Å²) in [6.45, 7) is 0. The normalized spacial score (nSPS) is 15.6. The van der Waals surface area contributed by atoms with Gasteiger partial charge in [-0.1, -0.05) is 0 Å². The van der Waals surface area contributed by atoms with Crippen molar-refractivity contribution in [2.24, 2.45) is 5.73 Å². The zero-order chi connectivity index (χ0) is 8.85. The second kappa shape index (κ2) is 5.06. The number of esters is 1. The van der Waals surface area contributed by atoms with Gasteiger partial charge in [0.05, 0.1) is 19.6 Å². The van der Waals surface area contributed by atoms with Crippen molar-refractivity contribution in [3.63, 3.8) is 0 Å². The van der Waals surface area contributed by atoms with Gasteiger partial charge >= 0.3 is 5.97 Å². The van der Waals surface area contributed by atoms with Crippen LogP contribution in [-0.2, 0) is 9.53 Å². The van der Waals surface area contributed by atoms with Crippen molar-refractivity contribution >= 4 is 5.97 Å². The summed E-state index contributed by atoms with van der Waals surface area (Å²) in [5.41, 5.74) is 5.39. The van der Waals surface area contributed by atoms with Crippen LogP contribution in [0.5, 0.6) is 0 Å². The van der Waals surface area contributed by atoms with E-state index in [0.717, 1.165) is 0 Å². The second-order valence-electron chi connectivity index (χ2n) is 2.18. The van der Waals surface area contributed by atoms with E-state index >= 15 is 0 Å². The third-order valence-electron chi connectivity index (χ3n) is 1.33. The number of likely N-dealkylation sites (N-methyl/N-ethyl adjacent to an activating group) is 1. The number of hydrogen-bond acceptors (Lipinski definition) is 5. The smallest absolute Gasteiger partial charge is 0.307 e. The topological polar surface area (TPSA) is 84.6 Å². The lowest BCUT2D eigenvalue weighted by Gasteiger charge is -2.16. The second-order valence-corrected chi connectivity index (χ2v) is 2.18. The summed E-state index contributed by atoms with van der Waals surface area (Å²) in [4.78, 5) is 10.6. The summed E-state index contributed by atoms with van der Waals surface area (Å²) in [6.07, 6.45) is -0.854. The van der Waals surface area contributed by atoms with Crippen LogP contribution in [-0.4, -0.2) is 37.5 Å². The largest absolute Gasteiger partial charge is 0.469 e. The molecule has 0 aliphatic heterocycles. The SMILES string of the molecule is CN[C@H](O)[C@H](N)CC(=O)OC. The molecule has 0 aliphatic rings. The van der Waals surface area contributed by atoms with Crippen molar-refractivity contribution in [1.82, 2.24) is 5.32 Å². The minimum Gasteiger partial charge on any atom is -0.469 e. The lowest BCUT2D eigenvalue weighted by Crippen LogP contribution is -2.44. The fraction of sp³-hybridized carbons (Fsp3) is 0.833. The van der Waals surface area contributed by atoms with Crippen molar-refractivity contribution in [2.75, 3.05) is 14.2 Å². The van der Waals surface area contributed by atoms with E-state index in [0.29, 0.717) is 0 Å². The summed E-state index contributed by atoms with van der Waals surface area (Å²) in [7, 11) is 2.84. The highest BCUT2D eigenvalue weighted by atomic mass is 16.5. The molecule has 0 rings (SSSR count).